The fourth-order valence-electron chi connectivity index (χ4n) is 3.75. The molecule has 0 amide bonds. The summed E-state index contributed by atoms with van der Waals surface area (Å²) >= 11 is 27.9. The Balaban J connectivity index is 1.97. The predicted octanol–water partition coefficient (Wildman–Crippen LogP) is 13.5. The molecule has 0 aromatic rings. The zero-order valence-corrected chi connectivity index (χ0v) is 43.0. The van der Waals surface area contributed by atoms with E-state index in [1.165, 1.54) is 0 Å². The Labute approximate surface area is 387 Å². The molecule has 7 nitrogen and oxygen atoms in total. The maximum absolute atomic E-state index is 10.8. The molecular weight excluding hydrogens is 1220 g/mol. The van der Waals surface area contributed by atoms with Gasteiger partial charge in [-0.3, -0.25) is 0 Å². The molecule has 1 N–H and O–H groups in total. The van der Waals surface area contributed by atoms with Gasteiger partial charge in [-0.15, -0.1) is 0 Å². The van der Waals surface area contributed by atoms with Crippen LogP contribution in [-0.2, 0) is 28.4 Å². The van der Waals surface area contributed by atoms with Crippen molar-refractivity contribution in [1.29, 1.82) is 0 Å². The van der Waals surface area contributed by atoms with E-state index in [9.17, 15) is 5.11 Å². The van der Waals surface area contributed by atoms with Crippen LogP contribution in [0.4, 0.5) is 0 Å². The van der Waals surface area contributed by atoms with Gasteiger partial charge in [0.2, 0.25) is 0 Å². The van der Waals surface area contributed by atoms with Gasteiger partial charge in [0.05, 0.1) is 31.1 Å². The summed E-state index contributed by atoms with van der Waals surface area (Å²) in [6.45, 7) is 27.5. The highest BCUT2D eigenvalue weighted by atomic mass is 79.9. The summed E-state index contributed by atoms with van der Waals surface area (Å²) in [4.78, 5) is 6.65. The summed E-state index contributed by atoms with van der Waals surface area (Å²) in [6, 6.07) is 0. The predicted molar refractivity (Wildman–Crippen MR) is 249 cm³/mol. The molecule has 0 aromatic heterocycles. The molecule has 54 heavy (non-hydrogen) atoms. The highest BCUT2D eigenvalue weighted by molar-refractivity contribution is 9.13. The molecule has 15 heteroatoms. The number of allylic oxidation sites excluding steroid dienone is 12. The maximum atomic E-state index is 10.8. The first-order valence-corrected chi connectivity index (χ1v) is 23.1. The Kier molecular flexibility index (Phi) is 22.2. The third-order valence-corrected chi connectivity index (χ3v) is 12.4. The number of hydrogen-bond acceptors (Lipinski definition) is 7. The van der Waals surface area contributed by atoms with Crippen LogP contribution in [0.3, 0.4) is 0 Å². The summed E-state index contributed by atoms with van der Waals surface area (Å²) in [6.07, 6.45) is 6.81. The van der Waals surface area contributed by atoms with E-state index in [1.807, 2.05) is 52.0 Å². The largest absolute Gasteiger partial charge is 0.489 e. The van der Waals surface area contributed by atoms with E-state index in [0.717, 1.165) is 31.3 Å². The van der Waals surface area contributed by atoms with E-state index in [1.54, 1.807) is 19.9 Å². The Morgan fingerprint density at radius 1 is 0.574 bits per heavy atom. The lowest BCUT2D eigenvalue weighted by Crippen LogP contribution is -2.22. The molecule has 2 saturated heterocycles. The molecule has 2 atom stereocenters. The standard InChI is InChI=1S/C39H44Br8O7/c1-23(38(5,6)25(3)11-32(46)36(15-42)53-21-28-19-49-28)9-30(44)34(13-40)51-17-27(48)18-52-35(14-41)31(45)10-24(2)39(7,8)26(4)12-33(47)37(16-43)54-22-29-20-50-29/h9-16,27-29,48H,1-4,17-22H2,5-8H3/b30-9+,31-10+,32-11+,33-12+,34-13-,35-14-,36-15-,37-16-. The van der Waals surface area contributed by atoms with Crippen LogP contribution in [0.15, 0.2) is 134 Å². The molecule has 298 valence electrons. The van der Waals surface area contributed by atoms with Gasteiger partial charge in [-0.05, 0) is 110 Å². The van der Waals surface area contributed by atoms with E-state index < -0.39 is 16.9 Å². The van der Waals surface area contributed by atoms with Crippen LogP contribution in [0.2, 0.25) is 0 Å². The van der Waals surface area contributed by atoms with Crippen molar-refractivity contribution < 1.29 is 33.5 Å². The molecule has 0 aromatic carbocycles. The summed E-state index contributed by atoms with van der Waals surface area (Å²) in [5, 5.41) is 10.8. The molecular formula is C39H44Br8O7. The molecule has 2 aliphatic rings. The van der Waals surface area contributed by atoms with Crippen LogP contribution in [0, 0.1) is 10.8 Å². The van der Waals surface area contributed by atoms with Crippen molar-refractivity contribution in [3.8, 4) is 0 Å². The third kappa shape index (κ3) is 16.6. The van der Waals surface area contributed by atoms with Gasteiger partial charge in [0.1, 0.15) is 67.8 Å². The SMILES string of the molecule is C=C(/C=C(Br)\C(=C\Br)OCC(O)COC(=C\Br)/C(Br)=C\C(=C)C(C)(C)C(=C)/C=C(Br)\C(=C\Br)OCC1CO1)C(C)(C)C(=C)/C=C(Br)\C(=C\Br)OCC1CO1. The molecule has 0 spiro atoms. The number of halogens is 8. The first-order chi connectivity index (χ1) is 25.3. The van der Waals surface area contributed by atoms with Gasteiger partial charge in [0.15, 0.2) is 0 Å². The Bertz CT molecular complexity index is 1540. The topological polar surface area (TPSA) is 82.2 Å². The fourth-order valence-corrected chi connectivity index (χ4v) is 8.52. The smallest absolute Gasteiger partial charge is 0.140 e. The fraction of sp³-hybridized carbons (Fsp3) is 0.385. The minimum Gasteiger partial charge on any atom is -0.489 e. The number of ether oxygens (including phenoxy) is 6. The van der Waals surface area contributed by atoms with Crippen LogP contribution in [-0.4, -0.2) is 63.1 Å². The average Bonchev–Trinajstić information content (AvgIpc) is 4.05. The van der Waals surface area contributed by atoms with Crippen molar-refractivity contribution >= 4 is 127 Å². The first-order valence-electron chi connectivity index (χ1n) is 16.2. The molecule has 0 radical (unpaired) electrons. The number of aliphatic hydroxyl groups excluding tert-OH is 1. The van der Waals surface area contributed by atoms with E-state index in [-0.39, 0.29) is 25.4 Å². The molecule has 0 aliphatic carbocycles. The first kappa shape index (κ1) is 49.9. The van der Waals surface area contributed by atoms with Crippen molar-refractivity contribution in [3.63, 3.8) is 0 Å². The summed E-state index contributed by atoms with van der Waals surface area (Å²) < 4.78 is 36.7. The zero-order chi connectivity index (χ0) is 40.8. The molecule has 2 rings (SSSR count). The Morgan fingerprint density at radius 3 is 1.04 bits per heavy atom. The molecule has 2 fully saturated rings. The number of rotatable bonds is 24. The van der Waals surface area contributed by atoms with Gasteiger partial charge >= 0.3 is 0 Å². The van der Waals surface area contributed by atoms with Gasteiger partial charge in [0.25, 0.3) is 0 Å². The van der Waals surface area contributed by atoms with Gasteiger partial charge in [-0.25, -0.2) is 0 Å². The number of aliphatic hydroxyl groups is 1. The monoisotopic (exact) mass is 1260 g/mol. The summed E-state index contributed by atoms with van der Waals surface area (Å²) in [5.74, 6) is 2.16. The molecule has 2 heterocycles. The van der Waals surface area contributed by atoms with Crippen molar-refractivity contribution in [2.45, 2.75) is 46.0 Å². The minimum absolute atomic E-state index is 0.0495. The highest BCUT2D eigenvalue weighted by Gasteiger charge is 2.28. The average molecular weight is 1260 g/mol. The van der Waals surface area contributed by atoms with Crippen LogP contribution in [0.1, 0.15) is 27.7 Å². The molecule has 0 saturated carbocycles. The second-order valence-corrected chi connectivity index (χ2v) is 18.3. The third-order valence-electron chi connectivity index (χ3n) is 8.27. The highest BCUT2D eigenvalue weighted by Crippen LogP contribution is 2.40. The van der Waals surface area contributed by atoms with Gasteiger partial charge in [0, 0.05) is 30.8 Å². The van der Waals surface area contributed by atoms with Gasteiger partial charge in [-0.1, -0.05) is 118 Å². The second-order valence-electron chi connectivity index (χ2n) is 13.0. The number of hydrogen-bond donors (Lipinski definition) is 1. The van der Waals surface area contributed by atoms with Crippen LogP contribution in [0.5, 0.6) is 0 Å². The lowest BCUT2D eigenvalue weighted by Gasteiger charge is -2.27. The van der Waals surface area contributed by atoms with Crippen LogP contribution >= 0.6 is 127 Å². The molecule has 2 aliphatic heterocycles. The van der Waals surface area contributed by atoms with Gasteiger partial charge < -0.3 is 33.5 Å². The lowest BCUT2D eigenvalue weighted by atomic mass is 9.78. The molecule has 2 unspecified atom stereocenters. The van der Waals surface area contributed by atoms with Gasteiger partial charge in [-0.2, -0.15) is 0 Å². The van der Waals surface area contributed by atoms with Crippen molar-refractivity contribution in [1.82, 2.24) is 0 Å². The van der Waals surface area contributed by atoms with Crippen LogP contribution < -0.4 is 0 Å². The normalized spacial score (nSPS) is 19.9. The van der Waals surface area contributed by atoms with E-state index in [4.69, 9.17) is 28.4 Å². The zero-order valence-electron chi connectivity index (χ0n) is 30.3. The summed E-state index contributed by atoms with van der Waals surface area (Å²) in [7, 11) is 0. The Morgan fingerprint density at radius 2 is 0.815 bits per heavy atom. The van der Waals surface area contributed by atoms with E-state index in [2.05, 4.69) is 154 Å². The van der Waals surface area contributed by atoms with E-state index in [0.29, 0.717) is 58.4 Å². The quantitative estimate of drug-likeness (QED) is 0.0586. The lowest BCUT2D eigenvalue weighted by molar-refractivity contribution is 0.0225. The number of epoxide rings is 2. The van der Waals surface area contributed by atoms with Crippen molar-refractivity contribution in [2.24, 2.45) is 10.8 Å². The Hall–Kier alpha value is -0.200. The second kappa shape index (κ2) is 24.0. The minimum atomic E-state index is -0.963. The van der Waals surface area contributed by atoms with Crippen LogP contribution in [0.25, 0.3) is 0 Å². The summed E-state index contributed by atoms with van der Waals surface area (Å²) in [5.41, 5.74) is 2.06. The maximum Gasteiger partial charge on any atom is 0.140 e. The molecule has 0 bridgehead atoms. The van der Waals surface area contributed by atoms with Crippen molar-refractivity contribution in [3.05, 3.63) is 134 Å². The van der Waals surface area contributed by atoms with Crippen molar-refractivity contribution in [2.75, 3.05) is 39.6 Å². The van der Waals surface area contributed by atoms with E-state index >= 15 is 0 Å².